The van der Waals surface area contributed by atoms with Crippen LogP contribution >= 0.6 is 0 Å². The van der Waals surface area contributed by atoms with Crippen molar-refractivity contribution in [2.75, 3.05) is 26.1 Å². The Morgan fingerprint density at radius 2 is 2.09 bits per heavy atom. The molecule has 1 N–H and O–H groups in total. The second-order valence-electron chi connectivity index (χ2n) is 4.72. The zero-order valence-corrected chi connectivity index (χ0v) is 12.8. The lowest BCUT2D eigenvalue weighted by Gasteiger charge is -2.11. The van der Waals surface area contributed by atoms with Crippen molar-refractivity contribution < 1.29 is 9.47 Å². The summed E-state index contributed by atoms with van der Waals surface area (Å²) in [6, 6.07) is 11.4. The Kier molecular flexibility index (Phi) is 5.61. The SMILES string of the molecule is COc1ccc(OC)c(CCCNc2ncccc2C#N)c1. The van der Waals surface area contributed by atoms with E-state index in [0.29, 0.717) is 11.4 Å². The largest absolute Gasteiger partial charge is 0.497 e. The minimum Gasteiger partial charge on any atom is -0.497 e. The van der Waals surface area contributed by atoms with Gasteiger partial charge in [-0.25, -0.2) is 4.98 Å². The fourth-order valence-electron chi connectivity index (χ4n) is 2.20. The van der Waals surface area contributed by atoms with Gasteiger partial charge in [0.15, 0.2) is 0 Å². The van der Waals surface area contributed by atoms with Gasteiger partial charge in [-0.05, 0) is 48.7 Å². The molecule has 0 aliphatic rings. The third-order valence-electron chi connectivity index (χ3n) is 3.33. The maximum Gasteiger partial charge on any atom is 0.143 e. The topological polar surface area (TPSA) is 67.2 Å². The molecule has 0 aliphatic heterocycles. The predicted molar refractivity (Wildman–Crippen MR) is 85.3 cm³/mol. The second-order valence-corrected chi connectivity index (χ2v) is 4.72. The second kappa shape index (κ2) is 7.89. The number of benzene rings is 1. The number of rotatable bonds is 7. The molecule has 22 heavy (non-hydrogen) atoms. The van der Waals surface area contributed by atoms with Gasteiger partial charge in [0.2, 0.25) is 0 Å². The van der Waals surface area contributed by atoms with E-state index in [0.717, 1.165) is 36.4 Å². The normalized spacial score (nSPS) is 9.86. The molecule has 5 heteroatoms. The van der Waals surface area contributed by atoms with E-state index in [1.165, 1.54) is 0 Å². The van der Waals surface area contributed by atoms with Gasteiger partial charge in [0.05, 0.1) is 19.8 Å². The Bertz CT molecular complexity index is 665. The number of nitrogens with zero attached hydrogens (tertiary/aromatic N) is 2. The van der Waals surface area contributed by atoms with Crippen LogP contribution in [0, 0.1) is 11.3 Å². The van der Waals surface area contributed by atoms with Gasteiger partial charge in [-0.3, -0.25) is 0 Å². The van der Waals surface area contributed by atoms with Crippen LogP contribution in [0.3, 0.4) is 0 Å². The molecule has 0 aliphatic carbocycles. The van der Waals surface area contributed by atoms with Crippen molar-refractivity contribution in [2.24, 2.45) is 0 Å². The van der Waals surface area contributed by atoms with Crippen molar-refractivity contribution in [1.82, 2.24) is 4.98 Å². The van der Waals surface area contributed by atoms with E-state index in [9.17, 15) is 0 Å². The lowest BCUT2D eigenvalue weighted by molar-refractivity contribution is 0.398. The van der Waals surface area contributed by atoms with Crippen LogP contribution in [0.5, 0.6) is 11.5 Å². The highest BCUT2D eigenvalue weighted by molar-refractivity contribution is 5.51. The van der Waals surface area contributed by atoms with E-state index in [-0.39, 0.29) is 0 Å². The summed E-state index contributed by atoms with van der Waals surface area (Å²) in [5, 5.41) is 12.2. The van der Waals surface area contributed by atoms with Crippen LogP contribution < -0.4 is 14.8 Å². The molecule has 2 rings (SSSR count). The molecule has 2 aromatic rings. The molecule has 1 aromatic heterocycles. The van der Waals surface area contributed by atoms with Crippen molar-refractivity contribution in [2.45, 2.75) is 12.8 Å². The molecule has 0 saturated heterocycles. The van der Waals surface area contributed by atoms with Crippen LogP contribution in [-0.4, -0.2) is 25.7 Å². The van der Waals surface area contributed by atoms with Crippen LogP contribution in [0.2, 0.25) is 0 Å². The van der Waals surface area contributed by atoms with E-state index >= 15 is 0 Å². The zero-order chi connectivity index (χ0) is 15.8. The average Bonchev–Trinajstić information content (AvgIpc) is 2.58. The van der Waals surface area contributed by atoms with Crippen molar-refractivity contribution in [3.05, 3.63) is 47.7 Å². The van der Waals surface area contributed by atoms with Gasteiger partial charge in [0.1, 0.15) is 23.4 Å². The highest BCUT2D eigenvalue weighted by atomic mass is 16.5. The molecule has 0 radical (unpaired) electrons. The maximum absolute atomic E-state index is 9.02. The van der Waals surface area contributed by atoms with Crippen LogP contribution in [0.15, 0.2) is 36.5 Å². The molecule has 0 bridgehead atoms. The number of hydrogen-bond acceptors (Lipinski definition) is 5. The third-order valence-corrected chi connectivity index (χ3v) is 3.33. The maximum atomic E-state index is 9.02. The lowest BCUT2D eigenvalue weighted by Crippen LogP contribution is -2.06. The summed E-state index contributed by atoms with van der Waals surface area (Å²) in [5.74, 6) is 2.30. The summed E-state index contributed by atoms with van der Waals surface area (Å²) in [6.45, 7) is 0.728. The standard InChI is InChI=1S/C17H19N3O2/c1-21-15-7-8-16(22-2)13(11-15)5-3-9-19-17-14(12-18)6-4-10-20-17/h4,6-8,10-11H,3,5,9H2,1-2H3,(H,19,20). The molecule has 1 heterocycles. The molecular formula is C17H19N3O2. The van der Waals surface area contributed by atoms with Gasteiger partial charge in [0, 0.05) is 12.7 Å². The molecule has 5 nitrogen and oxygen atoms in total. The number of aromatic nitrogens is 1. The molecule has 0 unspecified atom stereocenters. The number of methoxy groups -OCH3 is 2. The first-order valence-electron chi connectivity index (χ1n) is 7.08. The molecule has 1 aromatic carbocycles. The summed E-state index contributed by atoms with van der Waals surface area (Å²) in [5.41, 5.74) is 1.66. The summed E-state index contributed by atoms with van der Waals surface area (Å²) >= 11 is 0. The molecule has 114 valence electrons. The molecule has 0 atom stereocenters. The lowest BCUT2D eigenvalue weighted by atomic mass is 10.1. The highest BCUT2D eigenvalue weighted by Crippen LogP contribution is 2.25. The first-order valence-corrected chi connectivity index (χ1v) is 7.08. The number of pyridine rings is 1. The summed E-state index contributed by atoms with van der Waals surface area (Å²) < 4.78 is 10.6. The summed E-state index contributed by atoms with van der Waals surface area (Å²) in [4.78, 5) is 4.18. The molecule has 0 fully saturated rings. The Balaban J connectivity index is 1.93. The van der Waals surface area contributed by atoms with Gasteiger partial charge >= 0.3 is 0 Å². The van der Waals surface area contributed by atoms with Gasteiger partial charge in [0.25, 0.3) is 0 Å². The number of nitrogens with one attached hydrogen (secondary N) is 1. The van der Waals surface area contributed by atoms with Gasteiger partial charge in [-0.1, -0.05) is 0 Å². The number of ether oxygens (including phenoxy) is 2. The Morgan fingerprint density at radius 1 is 1.23 bits per heavy atom. The fourth-order valence-corrected chi connectivity index (χ4v) is 2.20. The average molecular weight is 297 g/mol. The Morgan fingerprint density at radius 3 is 2.82 bits per heavy atom. The highest BCUT2D eigenvalue weighted by Gasteiger charge is 2.06. The van der Waals surface area contributed by atoms with Crippen molar-refractivity contribution in [3.63, 3.8) is 0 Å². The van der Waals surface area contributed by atoms with Crippen LogP contribution in [0.4, 0.5) is 5.82 Å². The van der Waals surface area contributed by atoms with Crippen molar-refractivity contribution in [3.8, 4) is 17.6 Å². The first-order chi connectivity index (χ1) is 10.8. The molecular weight excluding hydrogens is 278 g/mol. The Hall–Kier alpha value is -2.74. The van der Waals surface area contributed by atoms with Gasteiger partial charge in [-0.2, -0.15) is 5.26 Å². The van der Waals surface area contributed by atoms with Gasteiger partial charge in [-0.15, -0.1) is 0 Å². The summed E-state index contributed by atoms with van der Waals surface area (Å²) in [6.07, 6.45) is 3.42. The number of hydrogen-bond donors (Lipinski definition) is 1. The van der Waals surface area contributed by atoms with E-state index in [2.05, 4.69) is 16.4 Å². The number of anilines is 1. The third kappa shape index (κ3) is 3.89. The van der Waals surface area contributed by atoms with Crippen LogP contribution in [0.25, 0.3) is 0 Å². The number of aryl methyl sites for hydroxylation is 1. The fraction of sp³-hybridized carbons (Fsp3) is 0.294. The van der Waals surface area contributed by atoms with Gasteiger partial charge < -0.3 is 14.8 Å². The number of nitriles is 1. The zero-order valence-electron chi connectivity index (χ0n) is 12.8. The molecule has 0 amide bonds. The first kappa shape index (κ1) is 15.6. The van der Waals surface area contributed by atoms with Crippen LogP contribution in [-0.2, 0) is 6.42 Å². The van der Waals surface area contributed by atoms with Crippen molar-refractivity contribution in [1.29, 1.82) is 5.26 Å². The van der Waals surface area contributed by atoms with Crippen molar-refractivity contribution >= 4 is 5.82 Å². The molecule has 0 saturated carbocycles. The monoisotopic (exact) mass is 297 g/mol. The Labute approximate surface area is 130 Å². The van der Waals surface area contributed by atoms with E-state index in [1.54, 1.807) is 32.5 Å². The molecule has 0 spiro atoms. The minimum atomic E-state index is 0.557. The smallest absolute Gasteiger partial charge is 0.143 e. The quantitative estimate of drug-likeness (QED) is 0.796. The van der Waals surface area contributed by atoms with E-state index < -0.39 is 0 Å². The van der Waals surface area contributed by atoms with E-state index in [1.807, 2.05) is 18.2 Å². The summed E-state index contributed by atoms with van der Waals surface area (Å²) in [7, 11) is 3.31. The van der Waals surface area contributed by atoms with E-state index in [4.69, 9.17) is 14.7 Å². The minimum absolute atomic E-state index is 0.557. The predicted octanol–water partition coefficient (Wildman–Crippen LogP) is 3.02. The van der Waals surface area contributed by atoms with Crippen LogP contribution in [0.1, 0.15) is 17.5 Å².